The number of primary amides is 1. The van der Waals surface area contributed by atoms with Gasteiger partial charge in [0.05, 0.1) is 5.56 Å². The molecule has 0 spiro atoms. The molecule has 0 aliphatic heterocycles. The predicted octanol–water partition coefficient (Wildman–Crippen LogP) is 0.635. The van der Waals surface area contributed by atoms with Gasteiger partial charge in [0.25, 0.3) is 5.91 Å². The number of para-hydroxylation sites is 1. The molecule has 0 fully saturated rings. The Kier molecular flexibility index (Phi) is 1.68. The highest BCUT2D eigenvalue weighted by atomic mass is 16.3. The van der Waals surface area contributed by atoms with Crippen molar-refractivity contribution in [1.29, 1.82) is 0 Å². The third-order valence-electron chi connectivity index (χ3n) is 1.26. The second kappa shape index (κ2) is 2.49. The molecule has 1 rings (SSSR count). The van der Waals surface area contributed by atoms with Crippen molar-refractivity contribution in [3.05, 3.63) is 23.8 Å². The van der Waals surface area contributed by atoms with Gasteiger partial charge in [0.1, 0.15) is 0 Å². The number of aromatic hydroxyl groups is 1. The molecule has 11 heavy (non-hydrogen) atoms. The summed E-state index contributed by atoms with van der Waals surface area (Å²) in [7, 11) is 0. The number of nitrogens with two attached hydrogens (primary N) is 1. The highest BCUT2D eigenvalue weighted by Crippen LogP contribution is 2.27. The molecule has 3 N–H and O–H groups in total. The van der Waals surface area contributed by atoms with Crippen LogP contribution in [0.25, 0.3) is 0 Å². The van der Waals surface area contributed by atoms with Crippen LogP contribution in [0.1, 0.15) is 10.4 Å². The molecule has 1 aromatic carbocycles. The lowest BCUT2D eigenvalue weighted by atomic mass is 10.2. The lowest BCUT2D eigenvalue weighted by Crippen LogP contribution is -2.10. The van der Waals surface area contributed by atoms with Gasteiger partial charge in [0, 0.05) is 0 Å². The first kappa shape index (κ1) is 7.40. The van der Waals surface area contributed by atoms with Gasteiger partial charge in [0.2, 0.25) is 5.75 Å². The van der Waals surface area contributed by atoms with E-state index in [9.17, 15) is 9.90 Å². The van der Waals surface area contributed by atoms with Gasteiger partial charge in [-0.25, -0.2) is 0 Å². The molecule has 0 bridgehead atoms. The van der Waals surface area contributed by atoms with E-state index in [1.165, 1.54) is 12.1 Å². The van der Waals surface area contributed by atoms with Crippen molar-refractivity contribution in [3.8, 4) is 11.5 Å². The van der Waals surface area contributed by atoms with Gasteiger partial charge < -0.3 is 10.8 Å². The molecule has 0 saturated heterocycles. The second-order valence-corrected chi connectivity index (χ2v) is 2.02. The van der Waals surface area contributed by atoms with E-state index in [-0.39, 0.29) is 5.56 Å². The summed E-state index contributed by atoms with van der Waals surface area (Å²) in [5, 5.41) is 19.6. The molecule has 0 heterocycles. The number of carbonyl (C=O) groups excluding carboxylic acids is 1. The van der Waals surface area contributed by atoms with E-state index in [1.807, 2.05) is 0 Å². The third-order valence-corrected chi connectivity index (χ3v) is 1.26. The number of carbonyl (C=O) groups is 1. The predicted molar refractivity (Wildman–Crippen MR) is 36.8 cm³/mol. The molecule has 0 aromatic heterocycles. The molecule has 1 radical (unpaired) electrons. The van der Waals surface area contributed by atoms with Crippen LogP contribution in [0, 0.1) is 0 Å². The molecule has 0 unspecified atom stereocenters. The first-order chi connectivity index (χ1) is 5.13. The molecule has 0 aliphatic rings. The van der Waals surface area contributed by atoms with Crippen LogP contribution in [0.15, 0.2) is 18.2 Å². The van der Waals surface area contributed by atoms with Gasteiger partial charge in [-0.15, -0.1) is 0 Å². The smallest absolute Gasteiger partial charge is 0.252 e. The lowest BCUT2D eigenvalue weighted by molar-refractivity contribution is 0.0996. The normalized spacial score (nSPS) is 9.45. The number of hydrogen-bond donors (Lipinski definition) is 2. The molecule has 0 atom stereocenters. The standard InChI is InChI=1S/C7H6NO3/c8-7(11)4-2-1-3-5(9)6(4)10/h1-3,10H,(H2,8,11). The van der Waals surface area contributed by atoms with Gasteiger partial charge in [-0.1, -0.05) is 6.07 Å². The summed E-state index contributed by atoms with van der Waals surface area (Å²) in [5.41, 5.74) is 4.70. The molecular weight excluding hydrogens is 146 g/mol. The Morgan fingerprint density at radius 3 is 2.55 bits per heavy atom. The number of hydrogen-bond acceptors (Lipinski definition) is 2. The van der Waals surface area contributed by atoms with Crippen molar-refractivity contribution in [1.82, 2.24) is 0 Å². The van der Waals surface area contributed by atoms with Crippen LogP contribution in [-0.2, 0) is 5.11 Å². The molecule has 1 aromatic rings. The van der Waals surface area contributed by atoms with Crippen LogP contribution in [0.2, 0.25) is 0 Å². The zero-order valence-corrected chi connectivity index (χ0v) is 5.57. The van der Waals surface area contributed by atoms with Crippen LogP contribution in [0.4, 0.5) is 0 Å². The van der Waals surface area contributed by atoms with Crippen LogP contribution in [0.5, 0.6) is 11.5 Å². The molecule has 1 amide bonds. The van der Waals surface area contributed by atoms with Gasteiger partial charge in [-0.3, -0.25) is 9.90 Å². The fourth-order valence-corrected chi connectivity index (χ4v) is 0.721. The van der Waals surface area contributed by atoms with Crippen LogP contribution in [-0.4, -0.2) is 11.0 Å². The first-order valence-electron chi connectivity index (χ1n) is 2.91. The topological polar surface area (TPSA) is 83.2 Å². The zero-order valence-electron chi connectivity index (χ0n) is 5.57. The fourth-order valence-electron chi connectivity index (χ4n) is 0.721. The second-order valence-electron chi connectivity index (χ2n) is 2.02. The van der Waals surface area contributed by atoms with E-state index >= 15 is 0 Å². The quantitative estimate of drug-likeness (QED) is 0.618. The average Bonchev–Trinajstić information content (AvgIpc) is 1.94. The SMILES string of the molecule is NC(=O)c1cccc([O])c1O. The average molecular weight is 152 g/mol. The Balaban J connectivity index is 3.27. The van der Waals surface area contributed by atoms with Gasteiger partial charge in [0.15, 0.2) is 5.75 Å². The van der Waals surface area contributed by atoms with E-state index in [4.69, 9.17) is 10.8 Å². The van der Waals surface area contributed by atoms with Gasteiger partial charge in [-0.05, 0) is 12.1 Å². The Bertz CT molecular complexity index is 296. The first-order valence-corrected chi connectivity index (χ1v) is 2.91. The van der Waals surface area contributed by atoms with E-state index in [1.54, 1.807) is 0 Å². The minimum absolute atomic E-state index is 0.141. The van der Waals surface area contributed by atoms with Crippen LogP contribution >= 0.6 is 0 Å². The summed E-state index contributed by atoms with van der Waals surface area (Å²) in [6, 6.07) is 3.81. The largest absolute Gasteiger partial charge is 0.504 e. The minimum Gasteiger partial charge on any atom is -0.504 e. The summed E-state index contributed by atoms with van der Waals surface area (Å²) in [4.78, 5) is 10.5. The van der Waals surface area contributed by atoms with E-state index in [2.05, 4.69) is 0 Å². The molecule has 0 saturated carbocycles. The number of amides is 1. The van der Waals surface area contributed by atoms with Crippen molar-refractivity contribution < 1.29 is 15.0 Å². The van der Waals surface area contributed by atoms with Crippen molar-refractivity contribution in [3.63, 3.8) is 0 Å². The molecule has 0 aliphatic carbocycles. The number of benzene rings is 1. The van der Waals surface area contributed by atoms with Crippen molar-refractivity contribution in [2.45, 2.75) is 0 Å². The number of phenols is 1. The van der Waals surface area contributed by atoms with Crippen molar-refractivity contribution >= 4 is 5.91 Å². The Labute approximate surface area is 62.9 Å². The molecule has 57 valence electrons. The Hall–Kier alpha value is -1.71. The van der Waals surface area contributed by atoms with E-state index in [0.29, 0.717) is 0 Å². The highest BCUT2D eigenvalue weighted by molar-refractivity contribution is 5.96. The summed E-state index contributed by atoms with van der Waals surface area (Å²) in [6.45, 7) is 0. The summed E-state index contributed by atoms with van der Waals surface area (Å²) >= 11 is 0. The van der Waals surface area contributed by atoms with Gasteiger partial charge >= 0.3 is 0 Å². The van der Waals surface area contributed by atoms with Crippen LogP contribution in [0.3, 0.4) is 0 Å². The minimum atomic E-state index is -0.805. The van der Waals surface area contributed by atoms with E-state index < -0.39 is 17.4 Å². The molecular formula is C7H6NO3. The fraction of sp³-hybridized carbons (Fsp3) is 0. The maximum absolute atomic E-state index is 10.7. The Morgan fingerprint density at radius 1 is 1.45 bits per heavy atom. The highest BCUT2D eigenvalue weighted by Gasteiger charge is 2.10. The summed E-state index contributed by atoms with van der Waals surface area (Å²) in [6.07, 6.45) is 0. The maximum Gasteiger partial charge on any atom is 0.252 e. The van der Waals surface area contributed by atoms with Gasteiger partial charge in [-0.2, -0.15) is 0 Å². The molecule has 4 heteroatoms. The molecule has 4 nitrogen and oxygen atoms in total. The number of rotatable bonds is 1. The van der Waals surface area contributed by atoms with E-state index in [0.717, 1.165) is 6.07 Å². The summed E-state index contributed by atoms with van der Waals surface area (Å²) in [5.74, 6) is -1.98. The van der Waals surface area contributed by atoms with Crippen molar-refractivity contribution in [2.75, 3.05) is 0 Å². The maximum atomic E-state index is 10.7. The van der Waals surface area contributed by atoms with Crippen molar-refractivity contribution in [2.24, 2.45) is 5.73 Å². The zero-order chi connectivity index (χ0) is 8.43. The summed E-state index contributed by atoms with van der Waals surface area (Å²) < 4.78 is 0. The van der Waals surface area contributed by atoms with Crippen LogP contribution < -0.4 is 5.73 Å². The lowest BCUT2D eigenvalue weighted by Gasteiger charge is -1.98. The third kappa shape index (κ3) is 1.24. The monoisotopic (exact) mass is 152 g/mol. The Morgan fingerprint density at radius 2 is 2.09 bits per heavy atom.